The average Bonchev–Trinajstić information content (AvgIpc) is 2.83. The lowest BCUT2D eigenvalue weighted by molar-refractivity contribution is -0.121. The Hall–Kier alpha value is -3.27. The first-order chi connectivity index (χ1) is 15.4. The van der Waals surface area contributed by atoms with Gasteiger partial charge in [-0.3, -0.25) is 20.4 Å². The van der Waals surface area contributed by atoms with E-state index in [4.69, 9.17) is 4.74 Å². The first-order valence-corrected chi connectivity index (χ1v) is 11.6. The number of nitrogens with one attached hydrogen (secondary N) is 2. The molecule has 3 aromatic rings. The van der Waals surface area contributed by atoms with Crippen molar-refractivity contribution in [2.45, 2.75) is 11.3 Å². The van der Waals surface area contributed by atoms with Gasteiger partial charge in [0, 0.05) is 18.7 Å². The quantitative estimate of drug-likeness (QED) is 0.574. The highest BCUT2D eigenvalue weighted by atomic mass is 32.2. The summed E-state index contributed by atoms with van der Waals surface area (Å²) in [4.78, 5) is 24.8. The molecule has 4 rings (SSSR count). The normalized spacial score (nSPS) is 14.8. The molecule has 0 atom stereocenters. The molecule has 1 heterocycles. The maximum absolute atomic E-state index is 12.8. The Balaban J connectivity index is 1.38. The summed E-state index contributed by atoms with van der Waals surface area (Å²) < 4.78 is 32.1. The van der Waals surface area contributed by atoms with Crippen molar-refractivity contribution < 1.29 is 22.7 Å². The maximum atomic E-state index is 12.8. The second-order valence-corrected chi connectivity index (χ2v) is 9.34. The summed E-state index contributed by atoms with van der Waals surface area (Å²) in [5.41, 5.74) is 5.68. The van der Waals surface area contributed by atoms with E-state index in [0.717, 1.165) is 16.3 Å². The van der Waals surface area contributed by atoms with Crippen LogP contribution < -0.4 is 10.9 Å². The number of rotatable bonds is 5. The standard InChI is InChI=1S/C23H23N3O5S/c27-22(15-17-8-9-18-4-1-2-5-19(18)14-17)24-25-23(28)20-6-3-7-21(16-20)32(29,30)26-10-12-31-13-11-26/h1-9,14,16H,10-13,15H2,(H,24,27)(H,25,28). The summed E-state index contributed by atoms with van der Waals surface area (Å²) in [6, 6.07) is 19.3. The number of hydrogen-bond donors (Lipinski definition) is 2. The Morgan fingerprint density at radius 2 is 1.62 bits per heavy atom. The van der Waals surface area contributed by atoms with E-state index in [0.29, 0.717) is 13.2 Å². The van der Waals surface area contributed by atoms with Gasteiger partial charge in [-0.25, -0.2) is 8.42 Å². The van der Waals surface area contributed by atoms with Crippen LogP contribution in [-0.4, -0.2) is 50.8 Å². The van der Waals surface area contributed by atoms with Gasteiger partial charge in [0.15, 0.2) is 0 Å². The molecule has 1 aliphatic rings. The molecule has 2 N–H and O–H groups in total. The molecule has 8 nitrogen and oxygen atoms in total. The van der Waals surface area contributed by atoms with Crippen LogP contribution in [0.2, 0.25) is 0 Å². The van der Waals surface area contributed by atoms with Crippen molar-refractivity contribution in [2.75, 3.05) is 26.3 Å². The maximum Gasteiger partial charge on any atom is 0.269 e. The first kappa shape index (κ1) is 21.9. The zero-order valence-electron chi connectivity index (χ0n) is 17.3. The second-order valence-electron chi connectivity index (χ2n) is 7.40. The third kappa shape index (κ3) is 4.96. The Bertz CT molecular complexity index is 1250. The van der Waals surface area contributed by atoms with E-state index in [1.807, 2.05) is 42.5 Å². The minimum atomic E-state index is -3.72. The van der Waals surface area contributed by atoms with Gasteiger partial charge in [0.1, 0.15) is 0 Å². The van der Waals surface area contributed by atoms with Gasteiger partial charge in [-0.15, -0.1) is 0 Å². The summed E-state index contributed by atoms with van der Waals surface area (Å²) in [6.45, 7) is 1.21. The lowest BCUT2D eigenvalue weighted by Gasteiger charge is -2.26. The van der Waals surface area contributed by atoms with Gasteiger partial charge < -0.3 is 4.74 Å². The molecule has 0 unspecified atom stereocenters. The number of carbonyl (C=O) groups is 2. The van der Waals surface area contributed by atoms with E-state index < -0.39 is 15.9 Å². The van der Waals surface area contributed by atoms with Crippen LogP contribution in [0, 0.1) is 0 Å². The summed E-state index contributed by atoms with van der Waals surface area (Å²) in [7, 11) is -3.72. The van der Waals surface area contributed by atoms with Gasteiger partial charge in [-0.2, -0.15) is 4.31 Å². The molecule has 0 saturated carbocycles. The van der Waals surface area contributed by atoms with E-state index in [9.17, 15) is 18.0 Å². The number of sulfonamides is 1. The van der Waals surface area contributed by atoms with Crippen molar-refractivity contribution in [3.05, 3.63) is 77.9 Å². The molecule has 1 saturated heterocycles. The van der Waals surface area contributed by atoms with Crippen molar-refractivity contribution in [2.24, 2.45) is 0 Å². The number of nitrogens with zero attached hydrogens (tertiary/aromatic N) is 1. The van der Waals surface area contributed by atoms with Crippen LogP contribution in [-0.2, 0) is 26.0 Å². The van der Waals surface area contributed by atoms with E-state index in [2.05, 4.69) is 10.9 Å². The van der Waals surface area contributed by atoms with Crippen molar-refractivity contribution in [3.8, 4) is 0 Å². The highest BCUT2D eigenvalue weighted by Gasteiger charge is 2.26. The zero-order valence-corrected chi connectivity index (χ0v) is 18.1. The molecule has 2 amide bonds. The molecule has 0 bridgehead atoms. The van der Waals surface area contributed by atoms with Crippen LogP contribution in [0.15, 0.2) is 71.6 Å². The summed E-state index contributed by atoms with van der Waals surface area (Å²) in [6.07, 6.45) is 0.0938. The Morgan fingerprint density at radius 1 is 0.875 bits per heavy atom. The highest BCUT2D eigenvalue weighted by Crippen LogP contribution is 2.18. The molecular formula is C23H23N3O5S. The smallest absolute Gasteiger partial charge is 0.269 e. The Morgan fingerprint density at radius 3 is 2.41 bits per heavy atom. The van der Waals surface area contributed by atoms with Crippen molar-refractivity contribution >= 4 is 32.6 Å². The van der Waals surface area contributed by atoms with Crippen LogP contribution in [0.1, 0.15) is 15.9 Å². The molecule has 32 heavy (non-hydrogen) atoms. The predicted molar refractivity (Wildman–Crippen MR) is 119 cm³/mol. The van der Waals surface area contributed by atoms with Gasteiger partial charge in [0.2, 0.25) is 15.9 Å². The third-order valence-electron chi connectivity index (χ3n) is 5.20. The first-order valence-electron chi connectivity index (χ1n) is 10.2. The van der Waals surface area contributed by atoms with Crippen LogP contribution >= 0.6 is 0 Å². The van der Waals surface area contributed by atoms with Crippen LogP contribution in [0.3, 0.4) is 0 Å². The molecule has 1 aliphatic heterocycles. The zero-order chi connectivity index (χ0) is 22.6. The summed E-state index contributed by atoms with van der Waals surface area (Å²) in [5, 5.41) is 2.11. The number of hydrogen-bond acceptors (Lipinski definition) is 5. The lowest BCUT2D eigenvalue weighted by Crippen LogP contribution is -2.42. The number of carbonyl (C=O) groups excluding carboxylic acids is 2. The third-order valence-corrected chi connectivity index (χ3v) is 7.09. The van der Waals surface area contributed by atoms with Gasteiger partial charge in [-0.1, -0.05) is 48.5 Å². The van der Waals surface area contributed by atoms with Crippen molar-refractivity contribution in [3.63, 3.8) is 0 Å². The fourth-order valence-corrected chi connectivity index (χ4v) is 4.97. The van der Waals surface area contributed by atoms with Crippen molar-refractivity contribution in [1.82, 2.24) is 15.2 Å². The summed E-state index contributed by atoms with van der Waals surface area (Å²) in [5.74, 6) is -0.985. The van der Waals surface area contributed by atoms with Crippen LogP contribution in [0.5, 0.6) is 0 Å². The molecule has 0 radical (unpaired) electrons. The van der Waals surface area contributed by atoms with E-state index in [1.54, 1.807) is 0 Å². The number of amides is 2. The minimum absolute atomic E-state index is 0.0227. The number of fused-ring (bicyclic) bond motifs is 1. The fraction of sp³-hybridized carbons (Fsp3) is 0.217. The number of benzene rings is 3. The van der Waals surface area contributed by atoms with Gasteiger partial charge in [0.25, 0.3) is 5.91 Å². The Kier molecular flexibility index (Phi) is 6.50. The monoisotopic (exact) mass is 453 g/mol. The summed E-state index contributed by atoms with van der Waals surface area (Å²) >= 11 is 0. The highest BCUT2D eigenvalue weighted by molar-refractivity contribution is 7.89. The van der Waals surface area contributed by atoms with Crippen LogP contribution in [0.25, 0.3) is 10.8 Å². The van der Waals surface area contributed by atoms with E-state index in [-0.39, 0.29) is 35.9 Å². The number of morpholine rings is 1. The SMILES string of the molecule is O=C(Cc1ccc2ccccc2c1)NNC(=O)c1cccc(S(=O)(=O)N2CCOCC2)c1. The van der Waals surface area contributed by atoms with Gasteiger partial charge in [-0.05, 0) is 34.5 Å². The molecule has 1 fully saturated rings. The molecule has 9 heteroatoms. The molecule has 3 aromatic carbocycles. The lowest BCUT2D eigenvalue weighted by atomic mass is 10.1. The minimum Gasteiger partial charge on any atom is -0.379 e. The van der Waals surface area contributed by atoms with Gasteiger partial charge >= 0.3 is 0 Å². The number of ether oxygens (including phenoxy) is 1. The molecule has 0 aromatic heterocycles. The average molecular weight is 454 g/mol. The topological polar surface area (TPSA) is 105 Å². The van der Waals surface area contributed by atoms with Crippen LogP contribution in [0.4, 0.5) is 0 Å². The van der Waals surface area contributed by atoms with E-state index >= 15 is 0 Å². The molecule has 0 spiro atoms. The van der Waals surface area contributed by atoms with Crippen molar-refractivity contribution in [1.29, 1.82) is 0 Å². The Labute approximate surface area is 186 Å². The predicted octanol–water partition coefficient (Wildman–Crippen LogP) is 1.86. The number of hydrazine groups is 1. The van der Waals surface area contributed by atoms with E-state index in [1.165, 1.54) is 28.6 Å². The fourth-order valence-electron chi connectivity index (χ4n) is 3.51. The second kappa shape index (κ2) is 9.47. The van der Waals surface area contributed by atoms with Gasteiger partial charge in [0.05, 0.1) is 24.5 Å². The molecule has 0 aliphatic carbocycles. The largest absolute Gasteiger partial charge is 0.379 e. The molecular weight excluding hydrogens is 430 g/mol. The molecule has 166 valence electrons.